The fourth-order valence-corrected chi connectivity index (χ4v) is 3.67. The lowest BCUT2D eigenvalue weighted by molar-refractivity contribution is -0.133. The van der Waals surface area contributed by atoms with Crippen molar-refractivity contribution in [3.8, 4) is 17.2 Å². The number of methoxy groups -OCH3 is 1. The number of hydrogen-bond donors (Lipinski definition) is 0. The van der Waals surface area contributed by atoms with Gasteiger partial charge >= 0.3 is 0 Å². The van der Waals surface area contributed by atoms with E-state index in [0.29, 0.717) is 31.2 Å². The molecule has 0 atom stereocenters. The number of hydrogen-bond acceptors (Lipinski definition) is 6. The Kier molecular flexibility index (Phi) is 6.94. The largest absolute Gasteiger partial charge is 0.497 e. The third kappa shape index (κ3) is 5.70. The molecule has 7 heteroatoms. The summed E-state index contributed by atoms with van der Waals surface area (Å²) in [4.78, 5) is 18.9. The van der Waals surface area contributed by atoms with Crippen molar-refractivity contribution in [1.82, 2.24) is 15.0 Å². The van der Waals surface area contributed by atoms with E-state index in [-0.39, 0.29) is 12.0 Å². The molecular weight excluding hydrogens is 394 g/mol. The van der Waals surface area contributed by atoms with Gasteiger partial charge in [-0.1, -0.05) is 35.5 Å². The van der Waals surface area contributed by atoms with Gasteiger partial charge in [0.15, 0.2) is 5.82 Å². The second kappa shape index (κ2) is 10.2. The van der Waals surface area contributed by atoms with Crippen molar-refractivity contribution < 1.29 is 18.8 Å². The molecule has 0 spiro atoms. The van der Waals surface area contributed by atoms with Gasteiger partial charge in [-0.05, 0) is 42.7 Å². The summed E-state index contributed by atoms with van der Waals surface area (Å²) in [6.07, 6.45) is 2.86. The molecule has 3 aromatic rings. The van der Waals surface area contributed by atoms with Crippen molar-refractivity contribution in [3.05, 3.63) is 66.0 Å². The Labute approximate surface area is 182 Å². The number of piperidine rings is 1. The van der Waals surface area contributed by atoms with E-state index in [2.05, 4.69) is 10.1 Å². The first kappa shape index (κ1) is 21.1. The first-order chi connectivity index (χ1) is 15.2. The highest BCUT2D eigenvalue weighted by molar-refractivity contribution is 5.78. The van der Waals surface area contributed by atoms with Gasteiger partial charge in [0.05, 0.1) is 26.2 Å². The summed E-state index contributed by atoms with van der Waals surface area (Å²) in [5.41, 5.74) is 1.91. The van der Waals surface area contributed by atoms with Crippen LogP contribution < -0.4 is 4.74 Å². The highest BCUT2D eigenvalue weighted by Gasteiger charge is 2.23. The molecule has 1 aliphatic heterocycles. The van der Waals surface area contributed by atoms with Crippen LogP contribution in [-0.2, 0) is 22.4 Å². The van der Waals surface area contributed by atoms with Crippen LogP contribution >= 0.6 is 0 Å². The van der Waals surface area contributed by atoms with Crippen LogP contribution in [0.3, 0.4) is 0 Å². The van der Waals surface area contributed by atoms with Gasteiger partial charge in [0.25, 0.3) is 5.89 Å². The molecule has 1 saturated heterocycles. The zero-order valence-electron chi connectivity index (χ0n) is 17.7. The van der Waals surface area contributed by atoms with E-state index in [4.69, 9.17) is 14.0 Å². The zero-order valence-corrected chi connectivity index (χ0v) is 17.7. The lowest BCUT2D eigenvalue weighted by Crippen LogP contribution is -2.41. The van der Waals surface area contributed by atoms with E-state index in [1.54, 1.807) is 7.11 Å². The number of nitrogens with zero attached hydrogens (tertiary/aromatic N) is 3. The molecule has 0 radical (unpaired) electrons. The molecule has 1 aromatic heterocycles. The van der Waals surface area contributed by atoms with Crippen molar-refractivity contribution >= 4 is 5.91 Å². The Bertz CT molecular complexity index is 964. The maximum absolute atomic E-state index is 12.6. The van der Waals surface area contributed by atoms with E-state index < -0.39 is 0 Å². The molecule has 0 aliphatic carbocycles. The van der Waals surface area contributed by atoms with E-state index in [1.807, 2.05) is 59.5 Å². The molecule has 4 rings (SSSR count). The number of carbonyl (C=O) groups is 1. The van der Waals surface area contributed by atoms with Gasteiger partial charge in [-0.2, -0.15) is 4.98 Å². The summed E-state index contributed by atoms with van der Waals surface area (Å²) in [7, 11) is 1.64. The monoisotopic (exact) mass is 421 g/mol. The molecule has 1 amide bonds. The van der Waals surface area contributed by atoms with Gasteiger partial charge in [0.1, 0.15) is 5.75 Å². The second-order valence-electron chi connectivity index (χ2n) is 7.61. The van der Waals surface area contributed by atoms with Crippen molar-refractivity contribution in [2.75, 3.05) is 26.8 Å². The van der Waals surface area contributed by atoms with E-state index in [1.165, 1.54) is 0 Å². The number of ether oxygens (including phenoxy) is 2. The topological polar surface area (TPSA) is 77.7 Å². The Hall–Kier alpha value is -3.19. The van der Waals surface area contributed by atoms with Crippen LogP contribution in [0.1, 0.15) is 24.2 Å². The van der Waals surface area contributed by atoms with Gasteiger partial charge in [-0.3, -0.25) is 4.79 Å². The number of amides is 1. The minimum atomic E-state index is 0.156. The van der Waals surface area contributed by atoms with Crippen LogP contribution in [0.5, 0.6) is 5.75 Å². The summed E-state index contributed by atoms with van der Waals surface area (Å²) in [5.74, 6) is 2.13. The van der Waals surface area contributed by atoms with Crippen LogP contribution in [0.15, 0.2) is 59.1 Å². The standard InChI is InChI=1S/C24H27N3O4/c1-29-20-9-7-18(8-10-20)17-23(28)27-14-11-21(12-15-27)30-16-13-22-25-24(31-26-22)19-5-3-2-4-6-19/h2-10,21H,11-17H2,1H3. The summed E-state index contributed by atoms with van der Waals surface area (Å²) >= 11 is 0. The molecule has 0 saturated carbocycles. The molecule has 2 heterocycles. The fourth-order valence-electron chi connectivity index (χ4n) is 3.67. The summed E-state index contributed by atoms with van der Waals surface area (Å²) < 4.78 is 16.5. The molecular formula is C24H27N3O4. The summed E-state index contributed by atoms with van der Waals surface area (Å²) in [5, 5.41) is 4.03. The molecule has 31 heavy (non-hydrogen) atoms. The summed E-state index contributed by atoms with van der Waals surface area (Å²) in [6.45, 7) is 1.98. The molecule has 0 bridgehead atoms. The predicted molar refractivity (Wildman–Crippen MR) is 116 cm³/mol. The maximum atomic E-state index is 12.6. The Morgan fingerprint density at radius 3 is 2.55 bits per heavy atom. The molecule has 1 aliphatic rings. The molecule has 162 valence electrons. The maximum Gasteiger partial charge on any atom is 0.257 e. The highest BCUT2D eigenvalue weighted by atomic mass is 16.5. The Morgan fingerprint density at radius 1 is 1.10 bits per heavy atom. The number of benzene rings is 2. The summed E-state index contributed by atoms with van der Waals surface area (Å²) in [6, 6.07) is 17.4. The Balaban J connectivity index is 1.17. The minimum absolute atomic E-state index is 0.156. The second-order valence-corrected chi connectivity index (χ2v) is 7.61. The van der Waals surface area contributed by atoms with Gasteiger partial charge in [-0.25, -0.2) is 0 Å². The molecule has 2 aromatic carbocycles. The average Bonchev–Trinajstić information content (AvgIpc) is 3.29. The normalized spacial score (nSPS) is 14.5. The van der Waals surface area contributed by atoms with Crippen LogP contribution in [0.4, 0.5) is 0 Å². The van der Waals surface area contributed by atoms with Crippen LogP contribution in [0.2, 0.25) is 0 Å². The number of aromatic nitrogens is 2. The van der Waals surface area contributed by atoms with Crippen molar-refractivity contribution in [2.24, 2.45) is 0 Å². The lowest BCUT2D eigenvalue weighted by Gasteiger charge is -2.32. The minimum Gasteiger partial charge on any atom is -0.497 e. The van der Waals surface area contributed by atoms with Crippen molar-refractivity contribution in [2.45, 2.75) is 31.8 Å². The van der Waals surface area contributed by atoms with Crippen LogP contribution in [0.25, 0.3) is 11.5 Å². The SMILES string of the molecule is COc1ccc(CC(=O)N2CCC(OCCc3noc(-c4ccccc4)n3)CC2)cc1. The first-order valence-electron chi connectivity index (χ1n) is 10.6. The third-order valence-corrected chi connectivity index (χ3v) is 5.48. The van der Waals surface area contributed by atoms with E-state index in [9.17, 15) is 4.79 Å². The fraction of sp³-hybridized carbons (Fsp3) is 0.375. The van der Waals surface area contributed by atoms with Gasteiger partial charge < -0.3 is 18.9 Å². The Morgan fingerprint density at radius 2 is 1.84 bits per heavy atom. The highest BCUT2D eigenvalue weighted by Crippen LogP contribution is 2.18. The van der Waals surface area contributed by atoms with Crippen LogP contribution in [0, 0.1) is 0 Å². The molecule has 0 N–H and O–H groups in total. The predicted octanol–water partition coefficient (Wildman–Crippen LogP) is 3.54. The first-order valence-corrected chi connectivity index (χ1v) is 10.6. The zero-order chi connectivity index (χ0) is 21.5. The quantitative estimate of drug-likeness (QED) is 0.554. The molecule has 1 fully saturated rings. The van der Waals surface area contributed by atoms with E-state index in [0.717, 1.165) is 42.8 Å². The molecule has 7 nitrogen and oxygen atoms in total. The number of rotatable bonds is 8. The van der Waals surface area contributed by atoms with Gasteiger partial charge in [0, 0.05) is 25.1 Å². The average molecular weight is 421 g/mol. The van der Waals surface area contributed by atoms with Gasteiger partial charge in [-0.15, -0.1) is 0 Å². The molecule has 0 unspecified atom stereocenters. The number of carbonyl (C=O) groups excluding carboxylic acids is 1. The number of likely N-dealkylation sites (tertiary alicyclic amines) is 1. The third-order valence-electron chi connectivity index (χ3n) is 5.48. The van der Waals surface area contributed by atoms with Crippen molar-refractivity contribution in [1.29, 1.82) is 0 Å². The van der Waals surface area contributed by atoms with Crippen molar-refractivity contribution in [3.63, 3.8) is 0 Å². The smallest absolute Gasteiger partial charge is 0.257 e. The van der Waals surface area contributed by atoms with Gasteiger partial charge in [0.2, 0.25) is 5.91 Å². The van der Waals surface area contributed by atoms with Crippen LogP contribution in [-0.4, -0.2) is 53.9 Å². The van der Waals surface area contributed by atoms with E-state index >= 15 is 0 Å². The lowest BCUT2D eigenvalue weighted by atomic mass is 10.1.